The lowest BCUT2D eigenvalue weighted by molar-refractivity contribution is -0.136. The third kappa shape index (κ3) is 7.36. The standard InChI is InChI=1S/C14H40O4Si5/c1-12-13(15-19(2)3)14(16-20(4)5,17-21(6)7)23(10,11)18-22(8)9/h13,19-22H,12H2,1-11H3. The van der Waals surface area contributed by atoms with Crippen molar-refractivity contribution in [1.29, 1.82) is 0 Å². The van der Waals surface area contributed by atoms with Gasteiger partial charge in [0, 0.05) is 0 Å². The molecule has 0 bridgehead atoms. The van der Waals surface area contributed by atoms with Gasteiger partial charge in [0.25, 0.3) is 0 Å². The third-order valence-corrected chi connectivity index (χ3v) is 12.9. The van der Waals surface area contributed by atoms with Crippen LogP contribution in [0.4, 0.5) is 0 Å². The van der Waals surface area contributed by atoms with E-state index in [1.165, 1.54) is 0 Å². The smallest absolute Gasteiger partial charge is 0.241 e. The molecule has 0 rings (SSSR count). The van der Waals surface area contributed by atoms with Crippen LogP contribution < -0.4 is 0 Å². The summed E-state index contributed by atoms with van der Waals surface area (Å²) < 4.78 is 26.4. The van der Waals surface area contributed by atoms with E-state index in [1.807, 2.05) is 0 Å². The second-order valence-corrected chi connectivity index (χ2v) is 21.6. The predicted octanol–water partition coefficient (Wildman–Crippen LogP) is 3.21. The minimum absolute atomic E-state index is 0.00613. The van der Waals surface area contributed by atoms with Crippen LogP contribution in [0, 0.1) is 0 Å². The molecule has 0 aliphatic rings. The lowest BCUT2D eigenvalue weighted by atomic mass is 10.3. The van der Waals surface area contributed by atoms with Crippen molar-refractivity contribution in [2.75, 3.05) is 0 Å². The van der Waals surface area contributed by atoms with Crippen LogP contribution in [0.25, 0.3) is 0 Å². The molecular weight excluding hydrogens is 373 g/mol. The van der Waals surface area contributed by atoms with Gasteiger partial charge >= 0.3 is 0 Å². The fourth-order valence-corrected chi connectivity index (χ4v) is 16.2. The average molecular weight is 413 g/mol. The summed E-state index contributed by atoms with van der Waals surface area (Å²) in [7, 11) is -7.24. The lowest BCUT2D eigenvalue weighted by Gasteiger charge is -2.51. The molecule has 0 radical (unpaired) electrons. The topological polar surface area (TPSA) is 36.9 Å². The maximum absolute atomic E-state index is 6.68. The fourth-order valence-electron chi connectivity index (χ4n) is 3.01. The highest BCUT2D eigenvalue weighted by Gasteiger charge is 2.57. The van der Waals surface area contributed by atoms with Gasteiger partial charge in [0.2, 0.25) is 8.32 Å². The van der Waals surface area contributed by atoms with Gasteiger partial charge in [-0.15, -0.1) is 0 Å². The number of rotatable bonds is 11. The van der Waals surface area contributed by atoms with Gasteiger partial charge in [-0.1, -0.05) is 6.92 Å². The van der Waals surface area contributed by atoms with Gasteiger partial charge in [0.15, 0.2) is 41.6 Å². The molecule has 4 nitrogen and oxygen atoms in total. The molecule has 0 spiro atoms. The molecule has 23 heavy (non-hydrogen) atoms. The normalized spacial score (nSPS) is 15.3. The van der Waals surface area contributed by atoms with E-state index in [1.54, 1.807) is 0 Å². The molecule has 0 N–H and O–H groups in total. The van der Waals surface area contributed by atoms with Crippen molar-refractivity contribution in [3.05, 3.63) is 0 Å². The highest BCUT2D eigenvalue weighted by Crippen LogP contribution is 2.36. The van der Waals surface area contributed by atoms with E-state index in [9.17, 15) is 0 Å². The van der Waals surface area contributed by atoms with E-state index in [-0.39, 0.29) is 6.10 Å². The van der Waals surface area contributed by atoms with Crippen molar-refractivity contribution in [2.45, 2.75) is 90.3 Å². The van der Waals surface area contributed by atoms with Gasteiger partial charge in [0.05, 0.1) is 6.10 Å². The van der Waals surface area contributed by atoms with Crippen LogP contribution in [0.2, 0.25) is 65.5 Å². The summed E-state index contributed by atoms with van der Waals surface area (Å²) in [6.07, 6.45) is 0.903. The zero-order valence-corrected chi connectivity index (χ0v) is 22.8. The lowest BCUT2D eigenvalue weighted by Crippen LogP contribution is -2.70. The first-order valence-corrected chi connectivity index (χ1v) is 23.1. The Labute approximate surface area is 152 Å². The molecule has 9 heteroatoms. The molecule has 0 aromatic heterocycles. The summed E-state index contributed by atoms with van der Waals surface area (Å²) in [4.78, 5) is 0. The molecule has 0 saturated heterocycles. The minimum atomic E-state index is -2.24. The van der Waals surface area contributed by atoms with Crippen LogP contribution in [0.1, 0.15) is 13.3 Å². The van der Waals surface area contributed by atoms with E-state index in [0.29, 0.717) is 0 Å². The zero-order valence-electron chi connectivity index (χ0n) is 17.2. The highest BCUT2D eigenvalue weighted by molar-refractivity contribution is 6.81. The Hall–Kier alpha value is 0.924. The highest BCUT2D eigenvalue weighted by atomic mass is 28.4. The van der Waals surface area contributed by atoms with Crippen molar-refractivity contribution in [3.63, 3.8) is 0 Å². The average Bonchev–Trinajstić information content (AvgIpc) is 2.31. The Balaban J connectivity index is 6.01. The van der Waals surface area contributed by atoms with Gasteiger partial charge in [0.1, 0.15) is 0 Å². The molecule has 0 aromatic carbocycles. The monoisotopic (exact) mass is 412 g/mol. The maximum atomic E-state index is 6.68. The van der Waals surface area contributed by atoms with E-state index >= 15 is 0 Å². The Kier molecular flexibility index (Phi) is 10.6. The van der Waals surface area contributed by atoms with Crippen LogP contribution in [0.15, 0.2) is 0 Å². The Morgan fingerprint density at radius 2 is 1.22 bits per heavy atom. The Morgan fingerprint density at radius 1 is 0.783 bits per heavy atom. The molecule has 0 aromatic rings. The summed E-state index contributed by atoms with van der Waals surface area (Å²) in [5.74, 6) is 0. The van der Waals surface area contributed by atoms with E-state index in [2.05, 4.69) is 72.4 Å². The second-order valence-electron chi connectivity index (χ2n) is 7.76. The van der Waals surface area contributed by atoms with Crippen molar-refractivity contribution >= 4 is 44.5 Å². The summed E-state index contributed by atoms with van der Waals surface area (Å²) >= 11 is 0. The van der Waals surface area contributed by atoms with Gasteiger partial charge < -0.3 is 17.4 Å². The van der Waals surface area contributed by atoms with Crippen LogP contribution in [0.5, 0.6) is 0 Å². The van der Waals surface area contributed by atoms with Crippen LogP contribution in [-0.4, -0.2) is 56.0 Å². The van der Waals surface area contributed by atoms with Crippen LogP contribution in [-0.2, 0) is 17.4 Å². The molecule has 0 amide bonds. The van der Waals surface area contributed by atoms with Crippen molar-refractivity contribution in [2.24, 2.45) is 0 Å². The SMILES string of the molecule is CCC(O[SiH](C)C)C(O[SiH](C)C)(O[SiH](C)C)[Si](C)(C)O[SiH](C)C. The molecule has 1 unspecified atom stereocenters. The largest absolute Gasteiger partial charge is 0.455 e. The zero-order chi connectivity index (χ0) is 18.4. The van der Waals surface area contributed by atoms with E-state index in [0.717, 1.165) is 6.42 Å². The Morgan fingerprint density at radius 3 is 1.48 bits per heavy atom. The predicted molar refractivity (Wildman–Crippen MR) is 114 cm³/mol. The third-order valence-electron chi connectivity index (χ3n) is 3.42. The summed E-state index contributed by atoms with van der Waals surface area (Å²) in [5, 5.41) is 0. The first-order chi connectivity index (χ1) is 10.4. The molecule has 0 heterocycles. The quantitative estimate of drug-likeness (QED) is 0.386. The molecule has 0 aliphatic carbocycles. The van der Waals surface area contributed by atoms with Gasteiger partial charge in [-0.05, 0) is 71.9 Å². The molecule has 0 fully saturated rings. The summed E-state index contributed by atoms with van der Waals surface area (Å²) in [6.45, 7) is 24.5. The Bertz CT molecular complexity index is 327. The van der Waals surface area contributed by atoms with Gasteiger partial charge in [-0.2, -0.15) is 0 Å². The van der Waals surface area contributed by atoms with E-state index in [4.69, 9.17) is 17.4 Å². The molecule has 1 atom stereocenters. The van der Waals surface area contributed by atoms with Crippen molar-refractivity contribution < 1.29 is 17.4 Å². The summed E-state index contributed by atoms with van der Waals surface area (Å²) in [5.41, 5.74) is -0.642. The summed E-state index contributed by atoms with van der Waals surface area (Å²) in [6, 6.07) is 0. The van der Waals surface area contributed by atoms with Crippen molar-refractivity contribution in [3.8, 4) is 0 Å². The number of hydrogen-bond acceptors (Lipinski definition) is 4. The first kappa shape index (κ1) is 23.9. The molecular formula is C14H40O4Si5. The van der Waals surface area contributed by atoms with Crippen LogP contribution in [0.3, 0.4) is 0 Å². The molecule has 0 saturated carbocycles. The second kappa shape index (κ2) is 10.2. The van der Waals surface area contributed by atoms with Gasteiger partial charge in [-0.25, -0.2) is 0 Å². The van der Waals surface area contributed by atoms with Crippen molar-refractivity contribution in [1.82, 2.24) is 0 Å². The van der Waals surface area contributed by atoms with Gasteiger partial charge in [-0.3, -0.25) is 0 Å². The van der Waals surface area contributed by atoms with Crippen LogP contribution >= 0.6 is 0 Å². The fraction of sp³-hybridized carbons (Fsp3) is 1.00. The molecule has 140 valence electrons. The van der Waals surface area contributed by atoms with E-state index < -0.39 is 49.9 Å². The minimum Gasteiger partial charge on any atom is -0.455 e. The maximum Gasteiger partial charge on any atom is 0.241 e. The molecule has 0 aliphatic heterocycles. The number of hydrogen-bond donors (Lipinski definition) is 0. The first-order valence-electron chi connectivity index (χ1n) is 9.06.